The van der Waals surface area contributed by atoms with Crippen LogP contribution in [0.5, 0.6) is 0 Å². The van der Waals surface area contributed by atoms with Crippen LogP contribution in [-0.4, -0.2) is 12.1 Å². The summed E-state index contributed by atoms with van der Waals surface area (Å²) < 4.78 is 5.61. The van der Waals surface area contributed by atoms with Crippen molar-refractivity contribution in [1.82, 2.24) is 0 Å². The zero-order chi connectivity index (χ0) is 22.4. The first-order valence-corrected chi connectivity index (χ1v) is 13.5. The molecular weight excluding hydrogens is 380 g/mol. The van der Waals surface area contributed by atoms with Crippen LogP contribution in [0.4, 0.5) is 0 Å². The van der Waals surface area contributed by atoms with Gasteiger partial charge in [-0.2, -0.15) is 0 Å². The van der Waals surface area contributed by atoms with E-state index in [0.717, 1.165) is 48.3 Å². The number of carbonyl (C=O) groups excluding carboxylic acids is 1. The van der Waals surface area contributed by atoms with Gasteiger partial charge in [0.25, 0.3) is 0 Å². The summed E-state index contributed by atoms with van der Waals surface area (Å²) in [6.07, 6.45) is 17.2. The molecule has 0 bridgehead atoms. The molecule has 3 saturated carbocycles. The van der Waals surface area contributed by atoms with Crippen molar-refractivity contribution in [2.45, 2.75) is 118 Å². The highest BCUT2D eigenvalue weighted by atomic mass is 16.5. The van der Waals surface area contributed by atoms with E-state index < -0.39 is 0 Å². The highest BCUT2D eigenvalue weighted by molar-refractivity contribution is 5.66. The summed E-state index contributed by atoms with van der Waals surface area (Å²) in [6, 6.07) is 0. The fourth-order valence-electron chi connectivity index (χ4n) is 8.99. The molecular formula is C29H48O2. The maximum atomic E-state index is 11.5. The van der Waals surface area contributed by atoms with E-state index in [1.54, 1.807) is 12.5 Å². The van der Waals surface area contributed by atoms with Crippen molar-refractivity contribution in [3.05, 3.63) is 11.6 Å². The molecule has 4 aliphatic rings. The summed E-state index contributed by atoms with van der Waals surface area (Å²) in [6.45, 7) is 14.1. The van der Waals surface area contributed by atoms with E-state index in [0.29, 0.717) is 10.8 Å². The standard InChI is InChI=1S/C29H48O2/c1-19(2)8-7-9-20(3)25-12-13-26-24-11-10-22-18-23(31-21(4)30)14-16-28(22,5)27(24)15-17-29(25,26)6/h10,19-20,23-27H,7-9,11-18H2,1-6H3/t20-,23+,24+,25?,26+,27+,28?,29-/m1/s1. The van der Waals surface area contributed by atoms with Crippen molar-refractivity contribution in [1.29, 1.82) is 0 Å². The predicted octanol–water partition coefficient (Wildman–Crippen LogP) is 7.96. The molecule has 0 saturated heterocycles. The van der Waals surface area contributed by atoms with Gasteiger partial charge in [-0.3, -0.25) is 4.79 Å². The third kappa shape index (κ3) is 4.26. The summed E-state index contributed by atoms with van der Waals surface area (Å²) in [5.41, 5.74) is 2.53. The van der Waals surface area contributed by atoms with Crippen molar-refractivity contribution in [3.63, 3.8) is 0 Å². The molecule has 4 rings (SSSR count). The lowest BCUT2D eigenvalue weighted by Crippen LogP contribution is -2.51. The van der Waals surface area contributed by atoms with Crippen LogP contribution < -0.4 is 0 Å². The molecule has 31 heavy (non-hydrogen) atoms. The first-order chi connectivity index (χ1) is 14.6. The van der Waals surface area contributed by atoms with E-state index in [-0.39, 0.29) is 12.1 Å². The SMILES string of the molecule is CC(=O)O[C@H]1CCC2(C)C(=CC[C@@H]3[C@@H]2CC[C@]2(C)C([C@H](C)CCCC(C)C)CC[C@@H]32)C1. The fraction of sp³-hybridized carbons (Fsp3) is 0.897. The Kier molecular flexibility index (Phi) is 6.68. The first-order valence-electron chi connectivity index (χ1n) is 13.5. The van der Waals surface area contributed by atoms with Gasteiger partial charge in [-0.1, -0.05) is 65.5 Å². The Balaban J connectivity index is 1.47. The van der Waals surface area contributed by atoms with Crippen LogP contribution in [0, 0.1) is 46.3 Å². The molecule has 0 amide bonds. The van der Waals surface area contributed by atoms with E-state index in [9.17, 15) is 4.79 Å². The van der Waals surface area contributed by atoms with Crippen molar-refractivity contribution in [2.75, 3.05) is 0 Å². The van der Waals surface area contributed by atoms with Crippen molar-refractivity contribution in [2.24, 2.45) is 46.3 Å². The molecule has 0 aromatic heterocycles. The van der Waals surface area contributed by atoms with Crippen molar-refractivity contribution >= 4 is 5.97 Å². The van der Waals surface area contributed by atoms with Crippen LogP contribution in [0.25, 0.3) is 0 Å². The third-order valence-electron chi connectivity index (χ3n) is 10.6. The summed E-state index contributed by atoms with van der Waals surface area (Å²) >= 11 is 0. The summed E-state index contributed by atoms with van der Waals surface area (Å²) in [5, 5.41) is 0. The lowest BCUT2D eigenvalue weighted by atomic mass is 9.47. The Bertz CT molecular complexity index is 693. The normalized spacial score (nSPS) is 42.9. The highest BCUT2D eigenvalue weighted by Crippen LogP contribution is 2.67. The minimum atomic E-state index is -0.115. The van der Waals surface area contributed by atoms with Crippen LogP contribution >= 0.6 is 0 Å². The van der Waals surface area contributed by atoms with Gasteiger partial charge < -0.3 is 4.74 Å². The molecule has 0 aromatic rings. The molecule has 176 valence electrons. The maximum Gasteiger partial charge on any atom is 0.302 e. The molecule has 0 spiro atoms. The summed E-state index contributed by atoms with van der Waals surface area (Å²) in [7, 11) is 0. The number of hydrogen-bond donors (Lipinski definition) is 0. The molecule has 0 aromatic carbocycles. The number of rotatable bonds is 6. The van der Waals surface area contributed by atoms with Gasteiger partial charge >= 0.3 is 5.97 Å². The largest absolute Gasteiger partial charge is 0.462 e. The van der Waals surface area contributed by atoms with Crippen LogP contribution in [0.3, 0.4) is 0 Å². The van der Waals surface area contributed by atoms with Gasteiger partial charge in [0.2, 0.25) is 0 Å². The van der Waals surface area contributed by atoms with E-state index in [2.05, 4.69) is 40.7 Å². The Labute approximate surface area is 192 Å². The topological polar surface area (TPSA) is 26.3 Å². The first kappa shape index (κ1) is 23.4. The smallest absolute Gasteiger partial charge is 0.302 e. The lowest BCUT2D eigenvalue weighted by molar-refractivity contribution is -0.148. The minimum Gasteiger partial charge on any atom is -0.462 e. The van der Waals surface area contributed by atoms with Crippen molar-refractivity contribution < 1.29 is 9.53 Å². The number of ether oxygens (including phenoxy) is 1. The van der Waals surface area contributed by atoms with E-state index in [1.807, 2.05) is 0 Å². The second-order valence-electron chi connectivity index (χ2n) is 12.8. The lowest BCUT2D eigenvalue weighted by Gasteiger charge is -2.58. The second-order valence-corrected chi connectivity index (χ2v) is 12.8. The van der Waals surface area contributed by atoms with Gasteiger partial charge in [-0.15, -0.1) is 0 Å². The molecule has 2 nitrogen and oxygen atoms in total. The molecule has 0 aliphatic heterocycles. The number of carbonyl (C=O) groups is 1. The van der Waals surface area contributed by atoms with Crippen LogP contribution in [-0.2, 0) is 9.53 Å². The Morgan fingerprint density at radius 3 is 2.55 bits per heavy atom. The average Bonchev–Trinajstić information content (AvgIpc) is 3.05. The monoisotopic (exact) mass is 428 g/mol. The number of fused-ring (bicyclic) bond motifs is 5. The Morgan fingerprint density at radius 1 is 1.06 bits per heavy atom. The van der Waals surface area contributed by atoms with Crippen LogP contribution in [0.1, 0.15) is 112 Å². The van der Waals surface area contributed by atoms with E-state index >= 15 is 0 Å². The summed E-state index contributed by atoms with van der Waals surface area (Å²) in [5.74, 6) is 5.19. The molecule has 0 heterocycles. The Hall–Kier alpha value is -0.790. The zero-order valence-electron chi connectivity index (χ0n) is 21.2. The zero-order valence-corrected chi connectivity index (χ0v) is 21.2. The molecule has 3 fully saturated rings. The predicted molar refractivity (Wildman–Crippen MR) is 129 cm³/mol. The summed E-state index contributed by atoms with van der Waals surface area (Å²) in [4.78, 5) is 11.5. The third-order valence-corrected chi connectivity index (χ3v) is 10.6. The van der Waals surface area contributed by atoms with E-state index in [1.165, 1.54) is 57.8 Å². The quantitative estimate of drug-likeness (QED) is 0.317. The van der Waals surface area contributed by atoms with Gasteiger partial charge in [0.1, 0.15) is 6.10 Å². The number of hydrogen-bond acceptors (Lipinski definition) is 2. The minimum absolute atomic E-state index is 0.115. The van der Waals surface area contributed by atoms with Gasteiger partial charge in [-0.25, -0.2) is 0 Å². The maximum absolute atomic E-state index is 11.5. The second kappa shape index (κ2) is 8.86. The molecule has 0 N–H and O–H groups in total. The van der Waals surface area contributed by atoms with Gasteiger partial charge in [0.15, 0.2) is 0 Å². The van der Waals surface area contributed by atoms with Crippen LogP contribution in [0.2, 0.25) is 0 Å². The average molecular weight is 429 g/mol. The highest BCUT2D eigenvalue weighted by Gasteiger charge is 2.59. The number of esters is 1. The number of allylic oxidation sites excluding steroid dienone is 1. The fourth-order valence-corrected chi connectivity index (χ4v) is 8.99. The van der Waals surface area contributed by atoms with Crippen molar-refractivity contribution in [3.8, 4) is 0 Å². The molecule has 8 atom stereocenters. The molecule has 0 radical (unpaired) electrons. The molecule has 2 heteroatoms. The van der Waals surface area contributed by atoms with E-state index in [4.69, 9.17) is 4.74 Å². The molecule has 2 unspecified atom stereocenters. The van der Waals surface area contributed by atoms with Crippen LogP contribution in [0.15, 0.2) is 11.6 Å². The van der Waals surface area contributed by atoms with Gasteiger partial charge in [-0.05, 0) is 91.3 Å². The van der Waals surface area contributed by atoms with Gasteiger partial charge in [0, 0.05) is 13.3 Å². The molecule has 4 aliphatic carbocycles. The van der Waals surface area contributed by atoms with Gasteiger partial charge in [0.05, 0.1) is 0 Å². The Morgan fingerprint density at radius 2 is 1.84 bits per heavy atom.